The Morgan fingerprint density at radius 3 is 1.93 bits per heavy atom. The fourth-order valence-corrected chi connectivity index (χ4v) is 5.29. The van der Waals surface area contributed by atoms with Crippen LogP contribution in [0.4, 0.5) is 0 Å². The molecule has 84 valence electrons. The highest BCUT2D eigenvalue weighted by Crippen LogP contribution is 2.29. The molecule has 0 heterocycles. The van der Waals surface area contributed by atoms with Crippen LogP contribution in [0.15, 0.2) is 0 Å². The Morgan fingerprint density at radius 1 is 1.29 bits per heavy atom. The molecule has 0 rings (SSSR count). The summed E-state index contributed by atoms with van der Waals surface area (Å²) in [6.45, 7) is 8.89. The average molecular weight is 236 g/mol. The van der Waals surface area contributed by atoms with Gasteiger partial charge in [0.15, 0.2) is 5.12 Å². The first kappa shape index (κ1) is 14.2. The predicted octanol–water partition coefficient (Wildman–Crippen LogP) is 2.37. The van der Waals surface area contributed by atoms with Crippen LogP contribution in [0.1, 0.15) is 27.2 Å². The third kappa shape index (κ3) is 3.72. The third-order valence-electron chi connectivity index (χ3n) is 2.20. The zero-order chi connectivity index (χ0) is 11.2. The lowest BCUT2D eigenvalue weighted by atomic mass is 10.4. The summed E-state index contributed by atoms with van der Waals surface area (Å²) in [6.07, 6.45) is 0.727. The Kier molecular flexibility index (Phi) is 6.68. The predicted molar refractivity (Wildman–Crippen MR) is 62.9 cm³/mol. The van der Waals surface area contributed by atoms with E-state index < -0.39 is 8.56 Å². The second kappa shape index (κ2) is 6.61. The van der Waals surface area contributed by atoms with E-state index in [1.165, 1.54) is 0 Å². The summed E-state index contributed by atoms with van der Waals surface area (Å²) in [5.41, 5.74) is -0.175. The SMILES string of the molecule is CCO[Si](C)(OCC)C(CC)C(=O)S. The molecule has 3 nitrogen and oxygen atoms in total. The van der Waals surface area contributed by atoms with Crippen molar-refractivity contribution in [2.75, 3.05) is 13.2 Å². The smallest absolute Gasteiger partial charge is 0.346 e. The average Bonchev–Trinajstić information content (AvgIpc) is 2.04. The molecule has 5 heteroatoms. The molecule has 1 unspecified atom stereocenters. The minimum atomic E-state index is -2.37. The van der Waals surface area contributed by atoms with E-state index in [0.29, 0.717) is 13.2 Å². The normalized spacial score (nSPS) is 14.1. The first-order valence-corrected chi connectivity index (χ1v) is 7.86. The molecular weight excluding hydrogens is 216 g/mol. The molecule has 0 bridgehead atoms. The van der Waals surface area contributed by atoms with Crippen molar-refractivity contribution in [2.45, 2.75) is 39.3 Å². The summed E-state index contributed by atoms with van der Waals surface area (Å²) in [6, 6.07) is 0. The fourth-order valence-electron chi connectivity index (χ4n) is 1.59. The first-order valence-electron chi connectivity index (χ1n) is 5.02. The molecule has 0 saturated heterocycles. The monoisotopic (exact) mass is 236 g/mol. The summed E-state index contributed by atoms with van der Waals surface area (Å²) in [7, 11) is -2.37. The van der Waals surface area contributed by atoms with Crippen molar-refractivity contribution >= 4 is 26.3 Å². The van der Waals surface area contributed by atoms with Gasteiger partial charge in [0.1, 0.15) is 0 Å². The Balaban J connectivity index is 4.65. The largest absolute Gasteiger partial charge is 0.394 e. The van der Waals surface area contributed by atoms with Gasteiger partial charge in [0.2, 0.25) is 0 Å². The van der Waals surface area contributed by atoms with E-state index in [0.717, 1.165) is 6.42 Å². The molecule has 0 aliphatic rings. The van der Waals surface area contributed by atoms with Gasteiger partial charge in [0, 0.05) is 13.2 Å². The second-order valence-corrected chi connectivity index (χ2v) is 6.93. The maximum atomic E-state index is 11.3. The van der Waals surface area contributed by atoms with E-state index in [1.54, 1.807) is 0 Å². The number of carbonyl (C=O) groups excluding carboxylic acids is 1. The molecule has 0 aliphatic carbocycles. The van der Waals surface area contributed by atoms with Gasteiger partial charge in [-0.2, -0.15) is 0 Å². The lowest BCUT2D eigenvalue weighted by molar-refractivity contribution is -0.111. The highest BCUT2D eigenvalue weighted by Gasteiger charge is 2.42. The van der Waals surface area contributed by atoms with E-state index in [9.17, 15) is 4.79 Å². The molecule has 14 heavy (non-hydrogen) atoms. The second-order valence-electron chi connectivity index (χ2n) is 3.18. The van der Waals surface area contributed by atoms with E-state index in [4.69, 9.17) is 8.85 Å². The molecule has 0 aromatic heterocycles. The van der Waals surface area contributed by atoms with Crippen LogP contribution in [0, 0.1) is 0 Å². The molecule has 0 saturated carbocycles. The van der Waals surface area contributed by atoms with Crippen LogP contribution in [0.2, 0.25) is 12.1 Å². The zero-order valence-electron chi connectivity index (χ0n) is 9.37. The van der Waals surface area contributed by atoms with Crippen LogP contribution in [0.3, 0.4) is 0 Å². The van der Waals surface area contributed by atoms with Crippen molar-refractivity contribution in [2.24, 2.45) is 0 Å². The van der Waals surface area contributed by atoms with Crippen LogP contribution in [-0.4, -0.2) is 26.9 Å². The highest BCUT2D eigenvalue weighted by atomic mass is 32.1. The van der Waals surface area contributed by atoms with Gasteiger partial charge in [0.05, 0.1) is 5.54 Å². The molecule has 0 aliphatic heterocycles. The van der Waals surface area contributed by atoms with Gasteiger partial charge in [-0.15, -0.1) is 12.6 Å². The van der Waals surface area contributed by atoms with Crippen molar-refractivity contribution in [3.63, 3.8) is 0 Å². The maximum Gasteiger partial charge on any atom is 0.346 e. The Labute approximate surface area is 92.8 Å². The van der Waals surface area contributed by atoms with E-state index in [-0.39, 0.29) is 10.7 Å². The molecule has 0 aromatic rings. The lowest BCUT2D eigenvalue weighted by Gasteiger charge is -2.31. The number of carbonyl (C=O) groups is 1. The summed E-state index contributed by atoms with van der Waals surface area (Å²) >= 11 is 3.89. The molecule has 1 atom stereocenters. The third-order valence-corrected chi connectivity index (χ3v) is 6.42. The first-order chi connectivity index (χ1) is 6.51. The molecule has 0 aromatic carbocycles. The van der Waals surface area contributed by atoms with Crippen molar-refractivity contribution in [1.82, 2.24) is 0 Å². The van der Waals surface area contributed by atoms with Crippen molar-refractivity contribution in [3.05, 3.63) is 0 Å². The zero-order valence-corrected chi connectivity index (χ0v) is 11.3. The van der Waals surface area contributed by atoms with Crippen LogP contribution in [-0.2, 0) is 13.6 Å². The topological polar surface area (TPSA) is 35.5 Å². The summed E-state index contributed by atoms with van der Waals surface area (Å²) < 4.78 is 11.3. The number of thiol groups is 1. The van der Waals surface area contributed by atoms with Gasteiger partial charge in [0.25, 0.3) is 0 Å². The van der Waals surface area contributed by atoms with Crippen LogP contribution < -0.4 is 0 Å². The molecular formula is C9H20O3SSi. The molecule has 0 spiro atoms. The van der Waals surface area contributed by atoms with E-state index >= 15 is 0 Å². The molecule has 0 N–H and O–H groups in total. The minimum Gasteiger partial charge on any atom is -0.394 e. The highest BCUT2D eigenvalue weighted by molar-refractivity contribution is 7.97. The van der Waals surface area contributed by atoms with Crippen molar-refractivity contribution in [3.8, 4) is 0 Å². The minimum absolute atomic E-state index is 0.122. The number of hydrogen-bond donors (Lipinski definition) is 1. The summed E-state index contributed by atoms with van der Waals surface area (Å²) in [5, 5.41) is -0.122. The summed E-state index contributed by atoms with van der Waals surface area (Å²) in [5.74, 6) is 0. The summed E-state index contributed by atoms with van der Waals surface area (Å²) in [4.78, 5) is 11.3. The van der Waals surface area contributed by atoms with Gasteiger partial charge in [-0.25, -0.2) is 0 Å². The van der Waals surface area contributed by atoms with Crippen LogP contribution in [0.25, 0.3) is 0 Å². The van der Waals surface area contributed by atoms with E-state index in [2.05, 4.69) is 12.6 Å². The number of rotatable bonds is 7. The number of hydrogen-bond acceptors (Lipinski definition) is 3. The van der Waals surface area contributed by atoms with Gasteiger partial charge < -0.3 is 8.85 Å². The van der Waals surface area contributed by atoms with Gasteiger partial charge in [-0.1, -0.05) is 6.92 Å². The fraction of sp³-hybridized carbons (Fsp3) is 0.889. The standard InChI is InChI=1S/C9H20O3SSi/c1-5-8(9(10)13)14(4,11-6-2)12-7-3/h8H,5-7H2,1-4H3,(H,10,13). The van der Waals surface area contributed by atoms with Crippen molar-refractivity contribution < 1.29 is 13.6 Å². The molecule has 0 amide bonds. The van der Waals surface area contributed by atoms with Crippen LogP contribution in [0.5, 0.6) is 0 Å². The van der Waals surface area contributed by atoms with Crippen LogP contribution >= 0.6 is 12.6 Å². The molecule has 0 fully saturated rings. The van der Waals surface area contributed by atoms with Crippen molar-refractivity contribution in [1.29, 1.82) is 0 Å². The van der Waals surface area contributed by atoms with E-state index in [1.807, 2.05) is 27.3 Å². The van der Waals surface area contributed by atoms with Gasteiger partial charge in [-0.05, 0) is 26.8 Å². The Hall–Kier alpha value is 0.157. The lowest BCUT2D eigenvalue weighted by Crippen LogP contribution is -2.45. The van der Waals surface area contributed by atoms with Gasteiger partial charge >= 0.3 is 8.56 Å². The Morgan fingerprint density at radius 2 is 1.71 bits per heavy atom. The molecule has 0 radical (unpaired) electrons. The quantitative estimate of drug-likeness (QED) is 0.544. The maximum absolute atomic E-state index is 11.3. The Bertz CT molecular complexity index is 181. The van der Waals surface area contributed by atoms with Gasteiger partial charge in [-0.3, -0.25) is 4.79 Å².